The van der Waals surface area contributed by atoms with Gasteiger partial charge >= 0.3 is 0 Å². The van der Waals surface area contributed by atoms with Crippen molar-refractivity contribution in [3.05, 3.63) is 32.7 Å². The van der Waals surface area contributed by atoms with Gasteiger partial charge in [-0.2, -0.15) is 0 Å². The van der Waals surface area contributed by atoms with E-state index in [9.17, 15) is 9.59 Å². The molecule has 1 aromatic rings. The summed E-state index contributed by atoms with van der Waals surface area (Å²) in [6, 6.07) is 5.57. The number of amides is 2. The molecule has 0 radical (unpaired) electrons. The van der Waals surface area contributed by atoms with Crippen molar-refractivity contribution in [3.63, 3.8) is 0 Å². The van der Waals surface area contributed by atoms with Crippen molar-refractivity contribution in [2.45, 2.75) is 0 Å². The first kappa shape index (κ1) is 16.5. The number of carbonyl (C=O) groups excluding carboxylic acids is 2. The molecule has 0 saturated carbocycles. The summed E-state index contributed by atoms with van der Waals surface area (Å²) in [5, 5.41) is 2.61. The van der Waals surface area contributed by atoms with Gasteiger partial charge in [-0.05, 0) is 34.1 Å². The summed E-state index contributed by atoms with van der Waals surface area (Å²) in [6.45, 7) is 3.08. The largest absolute Gasteiger partial charge is 0.358 e. The van der Waals surface area contributed by atoms with Crippen LogP contribution in [0.15, 0.2) is 27.1 Å². The van der Waals surface area contributed by atoms with Crippen molar-refractivity contribution >= 4 is 43.7 Å². The van der Waals surface area contributed by atoms with Crippen LogP contribution < -0.4 is 5.32 Å². The van der Waals surface area contributed by atoms with Crippen LogP contribution in [-0.4, -0.2) is 61.4 Å². The topological polar surface area (TPSA) is 52.7 Å². The maximum atomic E-state index is 12.5. The van der Waals surface area contributed by atoms with Gasteiger partial charge in [0.2, 0.25) is 5.91 Å². The molecule has 0 atom stereocenters. The Morgan fingerprint density at radius 3 is 2.48 bits per heavy atom. The molecule has 0 aromatic heterocycles. The highest BCUT2D eigenvalue weighted by Gasteiger charge is 2.24. The van der Waals surface area contributed by atoms with Gasteiger partial charge in [-0.15, -0.1) is 0 Å². The molecule has 0 spiro atoms. The van der Waals surface area contributed by atoms with Crippen LogP contribution in [0.3, 0.4) is 0 Å². The summed E-state index contributed by atoms with van der Waals surface area (Å²) in [5.74, 6) is 0.0206. The van der Waals surface area contributed by atoms with E-state index in [4.69, 9.17) is 0 Å². The maximum Gasteiger partial charge on any atom is 0.255 e. The van der Waals surface area contributed by atoms with E-state index >= 15 is 0 Å². The van der Waals surface area contributed by atoms with Crippen LogP contribution in [0, 0.1) is 0 Å². The van der Waals surface area contributed by atoms with E-state index in [1.165, 1.54) is 0 Å². The molecule has 5 nitrogen and oxygen atoms in total. The van der Waals surface area contributed by atoms with E-state index < -0.39 is 0 Å². The van der Waals surface area contributed by atoms with Crippen molar-refractivity contribution in [1.29, 1.82) is 0 Å². The third-order valence-corrected chi connectivity index (χ3v) is 4.65. The highest BCUT2D eigenvalue weighted by atomic mass is 79.9. The minimum absolute atomic E-state index is 0.00418. The summed E-state index contributed by atoms with van der Waals surface area (Å²) < 4.78 is 1.68. The lowest BCUT2D eigenvalue weighted by Crippen LogP contribution is -2.50. The van der Waals surface area contributed by atoms with Gasteiger partial charge in [-0.1, -0.05) is 15.9 Å². The molecule has 0 aliphatic carbocycles. The van der Waals surface area contributed by atoms with E-state index in [0.717, 1.165) is 8.95 Å². The highest BCUT2D eigenvalue weighted by molar-refractivity contribution is 9.11. The Labute approximate surface area is 140 Å². The zero-order chi connectivity index (χ0) is 15.4. The Morgan fingerprint density at radius 2 is 1.86 bits per heavy atom. The molecule has 1 fully saturated rings. The quantitative estimate of drug-likeness (QED) is 0.812. The molecule has 1 aromatic carbocycles. The minimum Gasteiger partial charge on any atom is -0.358 e. The van der Waals surface area contributed by atoms with Crippen LogP contribution >= 0.6 is 31.9 Å². The standard InChI is InChI=1S/C14H17Br2N3O2/c1-17-13(20)9-18-4-6-19(7-5-18)14(21)11-8-10(15)2-3-12(11)16/h2-3,8H,4-7,9H2,1H3,(H,17,20). The van der Waals surface area contributed by atoms with Crippen molar-refractivity contribution in [1.82, 2.24) is 15.1 Å². The summed E-state index contributed by atoms with van der Waals surface area (Å²) in [4.78, 5) is 27.8. The van der Waals surface area contributed by atoms with Crippen LogP contribution in [0.1, 0.15) is 10.4 Å². The lowest BCUT2D eigenvalue weighted by atomic mass is 10.2. The lowest BCUT2D eigenvalue weighted by molar-refractivity contribution is -0.122. The molecule has 0 unspecified atom stereocenters. The number of hydrogen-bond donors (Lipinski definition) is 1. The van der Waals surface area contributed by atoms with Gasteiger partial charge < -0.3 is 10.2 Å². The molecule has 1 N–H and O–H groups in total. The van der Waals surface area contributed by atoms with Gasteiger partial charge in [0.1, 0.15) is 0 Å². The first-order valence-corrected chi connectivity index (χ1v) is 8.27. The summed E-state index contributed by atoms with van der Waals surface area (Å²) in [7, 11) is 1.63. The summed E-state index contributed by atoms with van der Waals surface area (Å²) in [5.41, 5.74) is 0.657. The predicted molar refractivity (Wildman–Crippen MR) is 88.3 cm³/mol. The van der Waals surface area contributed by atoms with Crippen molar-refractivity contribution < 1.29 is 9.59 Å². The SMILES string of the molecule is CNC(=O)CN1CCN(C(=O)c2cc(Br)ccc2Br)CC1. The van der Waals surface area contributed by atoms with Crippen LogP contribution in [0.25, 0.3) is 0 Å². The van der Waals surface area contributed by atoms with Crippen LogP contribution in [-0.2, 0) is 4.79 Å². The van der Waals surface area contributed by atoms with Gasteiger partial charge in [0.15, 0.2) is 0 Å². The zero-order valence-electron chi connectivity index (χ0n) is 11.7. The Bertz CT molecular complexity index is 543. The van der Waals surface area contributed by atoms with E-state index in [1.54, 1.807) is 7.05 Å². The average Bonchev–Trinajstić information content (AvgIpc) is 2.49. The monoisotopic (exact) mass is 417 g/mol. The smallest absolute Gasteiger partial charge is 0.255 e. The first-order valence-electron chi connectivity index (χ1n) is 6.68. The number of piperazine rings is 1. The predicted octanol–water partition coefficient (Wildman–Crippen LogP) is 1.72. The molecule has 21 heavy (non-hydrogen) atoms. The first-order chi connectivity index (χ1) is 10.0. The minimum atomic E-state index is 0.00418. The molecule has 1 aliphatic heterocycles. The molecule has 114 valence electrons. The Morgan fingerprint density at radius 1 is 1.19 bits per heavy atom. The van der Waals surface area contributed by atoms with E-state index in [2.05, 4.69) is 42.1 Å². The van der Waals surface area contributed by atoms with Gasteiger partial charge in [-0.3, -0.25) is 14.5 Å². The second-order valence-corrected chi connectivity index (χ2v) is 6.64. The Balaban J connectivity index is 1.97. The number of likely N-dealkylation sites (N-methyl/N-ethyl adjacent to an activating group) is 1. The molecule has 0 bridgehead atoms. The normalized spacial score (nSPS) is 15.9. The molecule has 1 saturated heterocycles. The third-order valence-electron chi connectivity index (χ3n) is 3.46. The number of rotatable bonds is 3. The highest BCUT2D eigenvalue weighted by Crippen LogP contribution is 2.23. The second kappa shape index (κ2) is 7.38. The number of hydrogen-bond acceptors (Lipinski definition) is 3. The fourth-order valence-corrected chi connectivity index (χ4v) is 3.00. The van der Waals surface area contributed by atoms with Crippen LogP contribution in [0.4, 0.5) is 0 Å². The zero-order valence-corrected chi connectivity index (χ0v) is 14.9. The van der Waals surface area contributed by atoms with Crippen molar-refractivity contribution in [2.75, 3.05) is 39.8 Å². The lowest BCUT2D eigenvalue weighted by Gasteiger charge is -2.34. The Hall–Kier alpha value is -0.920. The van der Waals surface area contributed by atoms with Crippen molar-refractivity contribution in [3.8, 4) is 0 Å². The summed E-state index contributed by atoms with van der Waals surface area (Å²) >= 11 is 6.81. The van der Waals surface area contributed by atoms with Gasteiger partial charge in [-0.25, -0.2) is 0 Å². The van der Waals surface area contributed by atoms with Crippen molar-refractivity contribution in [2.24, 2.45) is 0 Å². The fourth-order valence-electron chi connectivity index (χ4n) is 2.22. The van der Waals surface area contributed by atoms with Gasteiger partial charge in [0.05, 0.1) is 12.1 Å². The van der Waals surface area contributed by atoms with E-state index in [0.29, 0.717) is 38.3 Å². The third kappa shape index (κ3) is 4.28. The van der Waals surface area contributed by atoms with Crippen LogP contribution in [0.2, 0.25) is 0 Å². The molecule has 1 aliphatic rings. The van der Waals surface area contributed by atoms with E-state index in [1.807, 2.05) is 23.1 Å². The summed E-state index contributed by atoms with van der Waals surface area (Å²) in [6.07, 6.45) is 0. The molecular formula is C14H17Br2N3O2. The second-order valence-electron chi connectivity index (χ2n) is 4.87. The van der Waals surface area contributed by atoms with Gasteiger partial charge in [0, 0.05) is 42.2 Å². The molecule has 1 heterocycles. The molecule has 2 amide bonds. The number of carbonyl (C=O) groups is 2. The molecule has 7 heteroatoms. The fraction of sp³-hybridized carbons (Fsp3) is 0.429. The van der Waals surface area contributed by atoms with Crippen LogP contribution in [0.5, 0.6) is 0 Å². The number of nitrogens with zero attached hydrogens (tertiary/aromatic N) is 2. The number of benzene rings is 1. The molecule has 2 rings (SSSR count). The van der Waals surface area contributed by atoms with E-state index in [-0.39, 0.29) is 11.8 Å². The maximum absolute atomic E-state index is 12.5. The average molecular weight is 419 g/mol. The Kier molecular flexibility index (Phi) is 5.78. The number of halogens is 2. The number of nitrogens with one attached hydrogen (secondary N) is 1. The van der Waals surface area contributed by atoms with Gasteiger partial charge in [0.25, 0.3) is 5.91 Å². The molecular weight excluding hydrogens is 402 g/mol.